The Morgan fingerprint density at radius 3 is 2.64 bits per heavy atom. The van der Waals surface area contributed by atoms with E-state index in [0.29, 0.717) is 28.6 Å². The summed E-state index contributed by atoms with van der Waals surface area (Å²) in [5, 5.41) is 14.7. The molecule has 0 saturated carbocycles. The average molecular weight is 526 g/mol. The first-order valence-corrected chi connectivity index (χ1v) is 11.7. The largest absolute Gasteiger partial charge is 0.493 e. The number of hydrogen-bond donors (Lipinski definition) is 1. The minimum Gasteiger partial charge on any atom is -0.493 e. The van der Waals surface area contributed by atoms with E-state index in [0.717, 1.165) is 33.4 Å². The number of benzene rings is 3. The number of aliphatic carboxylic acids is 1. The van der Waals surface area contributed by atoms with E-state index >= 15 is 0 Å². The van der Waals surface area contributed by atoms with E-state index < -0.39 is 5.97 Å². The van der Waals surface area contributed by atoms with Crippen molar-refractivity contribution >= 4 is 33.5 Å². The van der Waals surface area contributed by atoms with Gasteiger partial charge < -0.3 is 9.84 Å². The Morgan fingerprint density at radius 2 is 1.91 bits per heavy atom. The van der Waals surface area contributed by atoms with Crippen molar-refractivity contribution in [3.63, 3.8) is 0 Å². The molecule has 3 aromatic carbocycles. The molecule has 5 nitrogen and oxygen atoms in total. The lowest BCUT2D eigenvalue weighted by atomic mass is 10.0. The Bertz CT molecular complexity index is 1300. The van der Waals surface area contributed by atoms with Gasteiger partial charge >= 0.3 is 5.97 Å². The van der Waals surface area contributed by atoms with Crippen LogP contribution in [0.25, 0.3) is 28.2 Å². The summed E-state index contributed by atoms with van der Waals surface area (Å²) in [7, 11) is 0. The highest BCUT2D eigenvalue weighted by molar-refractivity contribution is 9.10. The lowest BCUT2D eigenvalue weighted by Gasteiger charge is -2.11. The molecule has 33 heavy (non-hydrogen) atoms. The third-order valence-corrected chi connectivity index (χ3v) is 5.86. The van der Waals surface area contributed by atoms with Gasteiger partial charge in [0.15, 0.2) is 0 Å². The number of nitrogens with zero attached hydrogens (tertiary/aromatic N) is 2. The molecule has 4 aromatic rings. The lowest BCUT2D eigenvalue weighted by molar-refractivity contribution is -0.136. The molecule has 4 rings (SSSR count). The first-order chi connectivity index (χ1) is 16.0. The molecule has 0 unspecified atom stereocenters. The number of carboxylic acids is 1. The second-order valence-electron chi connectivity index (χ2n) is 7.54. The normalized spacial score (nSPS) is 10.9. The average Bonchev–Trinajstić information content (AvgIpc) is 3.23. The van der Waals surface area contributed by atoms with Crippen molar-refractivity contribution < 1.29 is 14.6 Å². The predicted molar refractivity (Wildman–Crippen MR) is 134 cm³/mol. The summed E-state index contributed by atoms with van der Waals surface area (Å²) in [4.78, 5) is 11.3. The molecule has 0 aliphatic carbocycles. The topological polar surface area (TPSA) is 64.3 Å². The molecule has 1 heterocycles. The van der Waals surface area contributed by atoms with Crippen LogP contribution < -0.4 is 4.74 Å². The number of ether oxygens (including phenoxy) is 1. The van der Waals surface area contributed by atoms with Crippen molar-refractivity contribution in [2.75, 3.05) is 6.61 Å². The van der Waals surface area contributed by atoms with Crippen LogP contribution in [0.1, 0.15) is 18.9 Å². The summed E-state index contributed by atoms with van der Waals surface area (Å²) in [6.07, 6.45) is 0.776. The van der Waals surface area contributed by atoms with Crippen LogP contribution in [-0.2, 0) is 11.2 Å². The van der Waals surface area contributed by atoms with Gasteiger partial charge in [-0.1, -0.05) is 64.8 Å². The van der Waals surface area contributed by atoms with E-state index in [-0.39, 0.29) is 6.42 Å². The molecule has 168 valence electrons. The first kappa shape index (κ1) is 23.1. The van der Waals surface area contributed by atoms with Gasteiger partial charge in [-0.15, -0.1) is 0 Å². The summed E-state index contributed by atoms with van der Waals surface area (Å²) in [5.41, 5.74) is 4.65. The molecular weight excluding hydrogens is 504 g/mol. The molecule has 0 amide bonds. The van der Waals surface area contributed by atoms with Crippen LogP contribution in [0, 0.1) is 0 Å². The maximum atomic E-state index is 11.3. The van der Waals surface area contributed by atoms with E-state index in [1.807, 2.05) is 78.3 Å². The lowest BCUT2D eigenvalue weighted by Crippen LogP contribution is -2.03. The molecule has 0 radical (unpaired) electrons. The van der Waals surface area contributed by atoms with Crippen LogP contribution >= 0.6 is 27.5 Å². The Balaban J connectivity index is 1.92. The second-order valence-corrected chi connectivity index (χ2v) is 8.86. The minimum atomic E-state index is -0.889. The molecule has 0 atom stereocenters. The molecule has 1 N–H and O–H groups in total. The zero-order valence-corrected chi connectivity index (χ0v) is 20.3. The number of carboxylic acid groups (broad SMARTS) is 1. The van der Waals surface area contributed by atoms with Crippen LogP contribution in [0.4, 0.5) is 0 Å². The second kappa shape index (κ2) is 10.2. The van der Waals surface area contributed by atoms with Crippen molar-refractivity contribution in [2.24, 2.45) is 0 Å². The quantitative estimate of drug-likeness (QED) is 0.268. The highest BCUT2D eigenvalue weighted by Crippen LogP contribution is 2.36. The van der Waals surface area contributed by atoms with Gasteiger partial charge in [-0.2, -0.15) is 5.10 Å². The zero-order chi connectivity index (χ0) is 23.4. The number of halogens is 2. The van der Waals surface area contributed by atoms with Gasteiger partial charge in [-0.3, -0.25) is 4.79 Å². The van der Waals surface area contributed by atoms with E-state index in [1.54, 1.807) is 6.07 Å². The Labute approximate surface area is 205 Å². The van der Waals surface area contributed by atoms with E-state index in [2.05, 4.69) is 15.9 Å². The van der Waals surface area contributed by atoms with Gasteiger partial charge in [-0.25, -0.2) is 4.68 Å². The molecule has 0 fully saturated rings. The van der Waals surface area contributed by atoms with Crippen LogP contribution in [0.5, 0.6) is 5.75 Å². The zero-order valence-electron chi connectivity index (χ0n) is 18.0. The van der Waals surface area contributed by atoms with Crippen LogP contribution in [0.3, 0.4) is 0 Å². The number of carbonyl (C=O) groups is 1. The van der Waals surface area contributed by atoms with Crippen molar-refractivity contribution in [1.82, 2.24) is 9.78 Å². The molecule has 0 saturated heterocycles. The van der Waals surface area contributed by atoms with Gasteiger partial charge in [-0.05, 0) is 54.4 Å². The van der Waals surface area contributed by atoms with E-state index in [4.69, 9.17) is 21.4 Å². The SMILES string of the molecule is CCCOc1ccc(CC(=O)O)cc1-c1cc(-c2cccc(Br)c2)n(-c2ccccc2Cl)n1. The summed E-state index contributed by atoms with van der Waals surface area (Å²) < 4.78 is 8.73. The highest BCUT2D eigenvalue weighted by atomic mass is 79.9. The third-order valence-electron chi connectivity index (χ3n) is 5.05. The summed E-state index contributed by atoms with van der Waals surface area (Å²) in [6, 6.07) is 22.9. The minimum absolute atomic E-state index is 0.0786. The number of rotatable bonds is 8. The summed E-state index contributed by atoms with van der Waals surface area (Å²) in [6.45, 7) is 2.59. The molecule has 7 heteroatoms. The molecule has 0 aliphatic heterocycles. The molecule has 1 aromatic heterocycles. The van der Waals surface area contributed by atoms with Gasteiger partial charge in [0.25, 0.3) is 0 Å². The maximum Gasteiger partial charge on any atom is 0.307 e. The van der Waals surface area contributed by atoms with E-state index in [1.165, 1.54) is 0 Å². The number of para-hydroxylation sites is 1. The van der Waals surface area contributed by atoms with Crippen LogP contribution in [0.15, 0.2) is 77.3 Å². The van der Waals surface area contributed by atoms with Crippen LogP contribution in [0.2, 0.25) is 5.02 Å². The summed E-state index contributed by atoms with van der Waals surface area (Å²) in [5.74, 6) is -0.227. The Kier molecular flexibility index (Phi) is 7.16. The fraction of sp³-hybridized carbons (Fsp3) is 0.154. The van der Waals surface area contributed by atoms with Crippen LogP contribution in [-0.4, -0.2) is 27.5 Å². The molecular formula is C26H22BrClN2O3. The highest BCUT2D eigenvalue weighted by Gasteiger charge is 2.18. The maximum absolute atomic E-state index is 11.3. The molecule has 0 spiro atoms. The smallest absolute Gasteiger partial charge is 0.307 e. The molecule has 0 aliphatic rings. The fourth-order valence-electron chi connectivity index (χ4n) is 3.57. The number of hydrogen-bond acceptors (Lipinski definition) is 3. The van der Waals surface area contributed by atoms with Crippen molar-refractivity contribution in [3.8, 4) is 34.0 Å². The fourth-order valence-corrected chi connectivity index (χ4v) is 4.19. The van der Waals surface area contributed by atoms with Crippen molar-refractivity contribution in [3.05, 3.63) is 87.9 Å². The Hall–Kier alpha value is -3.09. The van der Waals surface area contributed by atoms with Crippen molar-refractivity contribution in [1.29, 1.82) is 0 Å². The van der Waals surface area contributed by atoms with Gasteiger partial charge in [0.2, 0.25) is 0 Å². The summed E-state index contributed by atoms with van der Waals surface area (Å²) >= 11 is 10.1. The first-order valence-electron chi connectivity index (χ1n) is 10.5. The standard InChI is InChI=1S/C26H22BrClN2O3/c1-2-12-33-25-11-10-17(14-26(31)32)13-20(25)22-16-24(18-6-5-7-19(27)15-18)30(29-22)23-9-4-3-8-21(23)28/h3-11,13,15-16H,2,12,14H2,1H3,(H,31,32). The van der Waals surface area contributed by atoms with Crippen molar-refractivity contribution in [2.45, 2.75) is 19.8 Å². The third kappa shape index (κ3) is 5.29. The van der Waals surface area contributed by atoms with Gasteiger partial charge in [0, 0.05) is 15.6 Å². The molecule has 0 bridgehead atoms. The monoisotopic (exact) mass is 524 g/mol. The number of aromatic nitrogens is 2. The van der Waals surface area contributed by atoms with E-state index in [9.17, 15) is 9.90 Å². The van der Waals surface area contributed by atoms with Gasteiger partial charge in [0.1, 0.15) is 5.75 Å². The van der Waals surface area contributed by atoms with Gasteiger partial charge in [0.05, 0.1) is 35.1 Å². The predicted octanol–water partition coefficient (Wildman–Crippen LogP) is 7.04. The Morgan fingerprint density at radius 1 is 1.09 bits per heavy atom.